The lowest BCUT2D eigenvalue weighted by atomic mass is 10.1. The van der Waals surface area contributed by atoms with Crippen molar-refractivity contribution in [1.29, 1.82) is 0 Å². The zero-order valence-electron chi connectivity index (χ0n) is 17.1. The Morgan fingerprint density at radius 1 is 1.22 bits per heavy atom. The molecule has 0 bridgehead atoms. The molecule has 4 rings (SSSR count). The van der Waals surface area contributed by atoms with Crippen LogP contribution in [0.5, 0.6) is 0 Å². The first-order chi connectivity index (χ1) is 15.3. The summed E-state index contributed by atoms with van der Waals surface area (Å²) in [6.07, 6.45) is 4.07. The van der Waals surface area contributed by atoms with E-state index in [4.69, 9.17) is 23.2 Å². The van der Waals surface area contributed by atoms with Gasteiger partial charge in [-0.3, -0.25) is 9.20 Å². The van der Waals surface area contributed by atoms with Crippen LogP contribution in [0.1, 0.15) is 48.3 Å². The Kier molecular flexibility index (Phi) is 6.21. The topological polar surface area (TPSA) is 99.8 Å². The van der Waals surface area contributed by atoms with Crippen molar-refractivity contribution in [3.63, 3.8) is 0 Å². The number of anilines is 2. The number of carboxylic acid groups (broad SMARTS) is 1. The number of aromatic carboxylic acids is 1. The minimum Gasteiger partial charge on any atom is -0.476 e. The van der Waals surface area contributed by atoms with Crippen molar-refractivity contribution in [1.82, 2.24) is 14.4 Å². The molecule has 1 fully saturated rings. The summed E-state index contributed by atoms with van der Waals surface area (Å²) < 4.78 is 15.5. The highest BCUT2D eigenvalue weighted by Crippen LogP contribution is 2.29. The van der Waals surface area contributed by atoms with E-state index >= 15 is 0 Å². The average molecular weight is 480 g/mol. The van der Waals surface area contributed by atoms with Crippen molar-refractivity contribution in [2.75, 3.05) is 23.3 Å². The molecule has 3 aromatic rings. The Morgan fingerprint density at radius 2 is 1.94 bits per heavy atom. The molecule has 1 aliphatic rings. The van der Waals surface area contributed by atoms with Gasteiger partial charge in [0, 0.05) is 24.8 Å². The van der Waals surface area contributed by atoms with Gasteiger partial charge < -0.3 is 15.3 Å². The molecule has 1 atom stereocenters. The number of nitrogens with one attached hydrogen (secondary N) is 1. The highest BCUT2D eigenvalue weighted by molar-refractivity contribution is 6.32. The SMILES string of the molecule is C[C@@H](Nc1ccc(Cl)nc1C(=O)O)c1cc(F)cn2c(=O)c(Cl)c(N3CCCCC3)nc12. The van der Waals surface area contributed by atoms with E-state index in [2.05, 4.69) is 15.3 Å². The standard InChI is InChI=1S/C21H20Cl2FN5O3/c1-11(25-14-5-6-15(22)26-17(14)21(31)32)13-9-12(24)10-29-18(13)27-19(16(23)20(29)30)28-7-3-2-4-8-28/h5-6,9-11,25H,2-4,7-8H2,1H3,(H,31,32)/t11-/m1/s1. The van der Waals surface area contributed by atoms with Crippen molar-refractivity contribution < 1.29 is 14.3 Å². The van der Waals surface area contributed by atoms with Gasteiger partial charge in [0.05, 0.1) is 11.7 Å². The molecular weight excluding hydrogens is 460 g/mol. The Bertz CT molecular complexity index is 1260. The van der Waals surface area contributed by atoms with Crippen molar-refractivity contribution in [3.05, 3.63) is 62.0 Å². The van der Waals surface area contributed by atoms with Crippen molar-refractivity contribution in [3.8, 4) is 0 Å². The number of rotatable bonds is 5. The lowest BCUT2D eigenvalue weighted by Crippen LogP contribution is -2.33. The van der Waals surface area contributed by atoms with Gasteiger partial charge in [0.15, 0.2) is 11.5 Å². The van der Waals surface area contributed by atoms with Crippen molar-refractivity contribution in [2.24, 2.45) is 0 Å². The van der Waals surface area contributed by atoms with Gasteiger partial charge in [0.2, 0.25) is 0 Å². The monoisotopic (exact) mass is 479 g/mol. The summed E-state index contributed by atoms with van der Waals surface area (Å²) in [7, 11) is 0. The number of hydrogen-bond acceptors (Lipinski definition) is 6. The number of hydrogen-bond donors (Lipinski definition) is 2. The van der Waals surface area contributed by atoms with Crippen LogP contribution in [0.25, 0.3) is 5.65 Å². The highest BCUT2D eigenvalue weighted by atomic mass is 35.5. The zero-order chi connectivity index (χ0) is 23.0. The first kappa shape index (κ1) is 22.3. The Labute approximate surface area is 192 Å². The van der Waals surface area contributed by atoms with Gasteiger partial charge >= 0.3 is 5.97 Å². The summed E-state index contributed by atoms with van der Waals surface area (Å²) in [5.74, 6) is -1.55. The van der Waals surface area contributed by atoms with E-state index in [1.807, 2.05) is 4.90 Å². The van der Waals surface area contributed by atoms with Crippen LogP contribution in [0.3, 0.4) is 0 Å². The second-order valence-corrected chi connectivity index (χ2v) is 8.38. The van der Waals surface area contributed by atoms with E-state index in [0.29, 0.717) is 11.4 Å². The van der Waals surface area contributed by atoms with E-state index in [1.54, 1.807) is 6.92 Å². The van der Waals surface area contributed by atoms with Gasteiger partial charge in [0.25, 0.3) is 5.56 Å². The summed E-state index contributed by atoms with van der Waals surface area (Å²) in [6, 6.07) is 3.57. The van der Waals surface area contributed by atoms with E-state index < -0.39 is 23.4 Å². The van der Waals surface area contributed by atoms with E-state index in [0.717, 1.165) is 42.9 Å². The molecule has 0 radical (unpaired) electrons. The second kappa shape index (κ2) is 8.91. The molecule has 1 saturated heterocycles. The summed E-state index contributed by atoms with van der Waals surface area (Å²) >= 11 is 12.1. The lowest BCUT2D eigenvalue weighted by Gasteiger charge is -2.28. The molecular formula is C21H20Cl2FN5O3. The number of carboxylic acids is 1. The van der Waals surface area contributed by atoms with Gasteiger partial charge in [-0.25, -0.2) is 19.2 Å². The van der Waals surface area contributed by atoms with Crippen molar-refractivity contribution >= 4 is 46.3 Å². The van der Waals surface area contributed by atoms with Gasteiger partial charge in [0.1, 0.15) is 21.6 Å². The van der Waals surface area contributed by atoms with Gasteiger partial charge in [-0.2, -0.15) is 0 Å². The number of carbonyl (C=O) groups is 1. The molecule has 0 unspecified atom stereocenters. The molecule has 11 heteroatoms. The maximum atomic E-state index is 14.4. The number of fused-ring (bicyclic) bond motifs is 1. The molecule has 8 nitrogen and oxygen atoms in total. The summed E-state index contributed by atoms with van der Waals surface area (Å²) in [5, 5.41) is 12.4. The normalized spacial score (nSPS) is 15.1. The van der Waals surface area contributed by atoms with Crippen LogP contribution < -0.4 is 15.8 Å². The van der Waals surface area contributed by atoms with E-state index in [9.17, 15) is 19.1 Å². The number of nitrogens with zero attached hydrogens (tertiary/aromatic N) is 4. The lowest BCUT2D eigenvalue weighted by molar-refractivity contribution is 0.0691. The van der Waals surface area contributed by atoms with Gasteiger partial charge in [-0.05, 0) is 44.4 Å². The minimum absolute atomic E-state index is 0.0332. The van der Waals surface area contributed by atoms with Crippen LogP contribution in [-0.4, -0.2) is 38.5 Å². The molecule has 2 N–H and O–H groups in total. The molecule has 168 valence electrons. The number of halogens is 3. The maximum Gasteiger partial charge on any atom is 0.356 e. The van der Waals surface area contributed by atoms with Gasteiger partial charge in [-0.15, -0.1) is 0 Å². The largest absolute Gasteiger partial charge is 0.476 e. The second-order valence-electron chi connectivity index (χ2n) is 7.61. The highest BCUT2D eigenvalue weighted by Gasteiger charge is 2.23. The molecule has 1 aliphatic heterocycles. The van der Waals surface area contributed by atoms with E-state index in [1.165, 1.54) is 18.2 Å². The molecule has 4 heterocycles. The average Bonchev–Trinajstić information content (AvgIpc) is 2.77. The maximum absolute atomic E-state index is 14.4. The predicted octanol–water partition coefficient (Wildman–Crippen LogP) is 4.40. The third-order valence-electron chi connectivity index (χ3n) is 5.40. The fourth-order valence-corrected chi connectivity index (χ4v) is 4.26. The number of aromatic nitrogens is 3. The summed E-state index contributed by atoms with van der Waals surface area (Å²) in [5.41, 5.74) is -0.0373. The first-order valence-electron chi connectivity index (χ1n) is 10.1. The summed E-state index contributed by atoms with van der Waals surface area (Å²) in [6.45, 7) is 3.16. The van der Waals surface area contributed by atoms with Crippen LogP contribution in [0.4, 0.5) is 15.9 Å². The Hall–Kier alpha value is -2.91. The van der Waals surface area contributed by atoms with Crippen LogP contribution >= 0.6 is 23.2 Å². The molecule has 3 aromatic heterocycles. The van der Waals surface area contributed by atoms with Crippen LogP contribution in [0.2, 0.25) is 10.2 Å². The molecule has 0 saturated carbocycles. The smallest absolute Gasteiger partial charge is 0.356 e. The molecule has 0 aromatic carbocycles. The molecule has 0 aliphatic carbocycles. The quantitative estimate of drug-likeness (QED) is 0.523. The minimum atomic E-state index is -1.26. The molecule has 0 amide bonds. The first-order valence-corrected chi connectivity index (χ1v) is 10.8. The van der Waals surface area contributed by atoms with Crippen LogP contribution in [0, 0.1) is 5.82 Å². The fourth-order valence-electron chi connectivity index (χ4n) is 3.86. The Balaban J connectivity index is 1.82. The van der Waals surface area contributed by atoms with Crippen LogP contribution in [-0.2, 0) is 0 Å². The van der Waals surface area contributed by atoms with Crippen LogP contribution in [0.15, 0.2) is 29.2 Å². The summed E-state index contributed by atoms with van der Waals surface area (Å²) in [4.78, 5) is 34.9. The molecule has 0 spiro atoms. The third-order valence-corrected chi connectivity index (χ3v) is 5.95. The Morgan fingerprint density at radius 3 is 2.62 bits per heavy atom. The van der Waals surface area contributed by atoms with Crippen molar-refractivity contribution in [2.45, 2.75) is 32.2 Å². The number of pyridine rings is 2. The fraction of sp³-hybridized carbons (Fsp3) is 0.333. The van der Waals surface area contributed by atoms with Gasteiger partial charge in [-0.1, -0.05) is 23.2 Å². The zero-order valence-corrected chi connectivity index (χ0v) is 18.6. The predicted molar refractivity (Wildman–Crippen MR) is 121 cm³/mol. The molecule has 32 heavy (non-hydrogen) atoms. The third kappa shape index (κ3) is 4.22. The van der Waals surface area contributed by atoms with E-state index in [-0.39, 0.29) is 27.2 Å². The number of piperidine rings is 1.